The molecule has 0 aromatic carbocycles. The Kier molecular flexibility index (Phi) is 26.5. The van der Waals surface area contributed by atoms with Gasteiger partial charge in [-0.2, -0.15) is 0 Å². The number of hydrogen-bond donors (Lipinski definition) is 6. The molecule has 0 aliphatic heterocycles. The van der Waals surface area contributed by atoms with Gasteiger partial charge in [-0.15, -0.1) is 0 Å². The summed E-state index contributed by atoms with van der Waals surface area (Å²) in [5.41, 5.74) is 0. The molecule has 258 valence electrons. The highest BCUT2D eigenvalue weighted by Crippen LogP contribution is 2.21. The standard InChI is InChI=1S/C19H46N2O8Si2.C4H12OSi.C4H12Si/c1-28-31(5,29-30(2,3)4)10-6-7-20(11-17(25)14-22)8-9-21(12-18(26)15-23)13-19(27)16-24;1-5-6(2,3)4;1-5(2,3)4/h17-19,22-27H,6-16H2,1-5H3;1-4H3;1-4H3. The molecule has 0 bridgehead atoms. The molecule has 0 aromatic rings. The second kappa shape index (κ2) is 23.7. The van der Waals surface area contributed by atoms with E-state index in [0.717, 1.165) is 12.5 Å². The van der Waals surface area contributed by atoms with Crippen LogP contribution in [0.5, 0.6) is 0 Å². The van der Waals surface area contributed by atoms with Gasteiger partial charge in [0.2, 0.25) is 0 Å². The largest absolute Gasteiger partial charge is 0.436 e. The fourth-order valence-corrected chi connectivity index (χ4v) is 10.3. The molecular weight excluding hydrogens is 609 g/mol. The zero-order valence-corrected chi connectivity index (χ0v) is 33.3. The zero-order valence-electron chi connectivity index (χ0n) is 29.3. The van der Waals surface area contributed by atoms with Crippen LogP contribution in [-0.4, -0.2) is 165 Å². The third kappa shape index (κ3) is 34.9. The predicted octanol–water partition coefficient (Wildman–Crippen LogP) is 2.03. The molecule has 0 aromatic heterocycles. The number of nitrogens with zero attached hydrogens (tertiary/aromatic N) is 2. The molecule has 0 radical (unpaired) electrons. The van der Waals surface area contributed by atoms with Crippen LogP contribution >= 0.6 is 0 Å². The van der Waals surface area contributed by atoms with Crippen molar-refractivity contribution < 1.29 is 43.6 Å². The molecule has 0 aliphatic carbocycles. The average Bonchev–Trinajstić information content (AvgIpc) is 2.84. The number of hydrogen-bond acceptors (Lipinski definition) is 11. The lowest BCUT2D eigenvalue weighted by molar-refractivity contribution is 0.0155. The van der Waals surface area contributed by atoms with Crippen LogP contribution in [0.15, 0.2) is 0 Å². The zero-order chi connectivity index (χ0) is 33.8. The van der Waals surface area contributed by atoms with Gasteiger partial charge in [0.25, 0.3) is 0 Å². The van der Waals surface area contributed by atoms with Crippen molar-refractivity contribution >= 4 is 33.3 Å². The highest BCUT2D eigenvalue weighted by Gasteiger charge is 2.35. The fraction of sp³-hybridized carbons (Fsp3) is 1.00. The molecule has 4 unspecified atom stereocenters. The molecule has 11 nitrogen and oxygen atoms in total. The monoisotopic (exact) mass is 678 g/mol. The fourth-order valence-electron chi connectivity index (χ4n) is 3.37. The first-order valence-corrected chi connectivity index (χ1v) is 28.4. The van der Waals surface area contributed by atoms with E-state index >= 15 is 0 Å². The van der Waals surface area contributed by atoms with Crippen LogP contribution in [0.3, 0.4) is 0 Å². The molecule has 42 heavy (non-hydrogen) atoms. The van der Waals surface area contributed by atoms with Gasteiger partial charge in [-0.05, 0) is 64.8 Å². The minimum atomic E-state index is -2.28. The van der Waals surface area contributed by atoms with Crippen molar-refractivity contribution in [3.05, 3.63) is 0 Å². The van der Waals surface area contributed by atoms with Gasteiger partial charge in [0.05, 0.1) is 38.1 Å². The normalized spacial score (nSPS) is 16.2. The van der Waals surface area contributed by atoms with E-state index in [0.29, 0.717) is 19.6 Å². The van der Waals surface area contributed by atoms with Crippen molar-refractivity contribution in [1.29, 1.82) is 0 Å². The van der Waals surface area contributed by atoms with Crippen LogP contribution in [0.25, 0.3) is 0 Å². The predicted molar refractivity (Wildman–Crippen MR) is 184 cm³/mol. The minimum Gasteiger partial charge on any atom is -0.436 e. The minimum absolute atomic E-state index is 0.155. The van der Waals surface area contributed by atoms with Crippen molar-refractivity contribution in [3.8, 4) is 0 Å². The summed E-state index contributed by atoms with van der Waals surface area (Å²) < 4.78 is 17.1. The van der Waals surface area contributed by atoms with Crippen molar-refractivity contribution in [2.75, 3.05) is 73.3 Å². The first kappa shape index (κ1) is 46.8. The second-order valence-corrected chi connectivity index (χ2v) is 33.4. The lowest BCUT2D eigenvalue weighted by atomic mass is 10.2. The highest BCUT2D eigenvalue weighted by atomic mass is 28.4. The Morgan fingerprint density at radius 2 is 0.881 bits per heavy atom. The summed E-state index contributed by atoms with van der Waals surface area (Å²) in [6.07, 6.45) is -1.97. The Morgan fingerprint density at radius 1 is 0.548 bits per heavy atom. The Morgan fingerprint density at radius 3 is 1.17 bits per heavy atom. The molecule has 6 N–H and O–H groups in total. The summed E-state index contributed by atoms with van der Waals surface area (Å²) in [6.45, 7) is 25.4. The van der Waals surface area contributed by atoms with E-state index in [9.17, 15) is 20.4 Å². The summed E-state index contributed by atoms with van der Waals surface area (Å²) in [6, 6.07) is 0.801. The van der Waals surface area contributed by atoms with E-state index in [2.05, 4.69) is 72.0 Å². The molecule has 0 spiro atoms. The molecule has 15 heteroatoms. The van der Waals surface area contributed by atoms with E-state index in [4.69, 9.17) is 23.2 Å². The van der Waals surface area contributed by atoms with E-state index in [1.54, 1.807) is 19.1 Å². The lowest BCUT2D eigenvalue weighted by Crippen LogP contribution is -2.48. The van der Waals surface area contributed by atoms with Gasteiger partial charge in [-0.25, -0.2) is 0 Å². The van der Waals surface area contributed by atoms with Gasteiger partial charge in [-0.1, -0.05) is 26.2 Å². The number of aliphatic hydroxyl groups is 6. The van der Waals surface area contributed by atoms with E-state index in [-0.39, 0.29) is 26.2 Å². The maximum atomic E-state index is 9.93. The highest BCUT2D eigenvalue weighted by molar-refractivity contribution is 6.81. The van der Waals surface area contributed by atoms with E-state index in [1.165, 1.54) is 0 Å². The summed E-state index contributed by atoms with van der Waals surface area (Å²) in [4.78, 5) is 3.78. The summed E-state index contributed by atoms with van der Waals surface area (Å²) in [7, 11) is -2.30. The van der Waals surface area contributed by atoms with Gasteiger partial charge < -0.3 is 43.6 Å². The van der Waals surface area contributed by atoms with Crippen LogP contribution in [0.2, 0.25) is 78.1 Å². The first-order valence-electron chi connectivity index (χ1n) is 15.1. The molecule has 0 aliphatic rings. The first-order chi connectivity index (χ1) is 18.9. The summed E-state index contributed by atoms with van der Waals surface area (Å²) in [5.74, 6) is 0. The SMILES string of the molecule is CO[Si](C)(C)C.CO[Si](C)(CCCN(CCN(CC(O)CO)CC(O)CO)CC(O)CO)O[Si](C)(C)C.C[Si](C)(C)C. The van der Waals surface area contributed by atoms with Crippen LogP contribution in [0.1, 0.15) is 6.42 Å². The van der Waals surface area contributed by atoms with Gasteiger partial charge >= 0.3 is 8.56 Å². The van der Waals surface area contributed by atoms with Crippen molar-refractivity contribution in [2.45, 2.75) is 103 Å². The smallest absolute Gasteiger partial charge is 0.324 e. The third-order valence-electron chi connectivity index (χ3n) is 5.44. The molecule has 4 atom stereocenters. The molecule has 0 saturated heterocycles. The molecule has 0 amide bonds. The Hall–Kier alpha value is 0.428. The summed E-state index contributed by atoms with van der Waals surface area (Å²) in [5, 5.41) is 57.0. The van der Waals surface area contributed by atoms with Crippen molar-refractivity contribution in [3.63, 3.8) is 0 Å². The third-order valence-corrected chi connectivity index (χ3v) is 13.0. The topological polar surface area (TPSA) is 156 Å². The number of rotatable bonds is 20. The quantitative estimate of drug-likeness (QED) is 0.105. The van der Waals surface area contributed by atoms with Crippen molar-refractivity contribution in [1.82, 2.24) is 9.80 Å². The average molecular weight is 679 g/mol. The number of aliphatic hydroxyl groups excluding tert-OH is 6. The maximum Gasteiger partial charge on any atom is 0.324 e. The van der Waals surface area contributed by atoms with Crippen LogP contribution in [0, 0.1) is 0 Å². The van der Waals surface area contributed by atoms with Crippen molar-refractivity contribution in [2.24, 2.45) is 0 Å². The van der Waals surface area contributed by atoms with E-state index < -0.39 is 64.8 Å². The van der Waals surface area contributed by atoms with Crippen LogP contribution in [0.4, 0.5) is 0 Å². The second-order valence-electron chi connectivity index (χ2n) is 14.5. The van der Waals surface area contributed by atoms with Gasteiger partial charge in [0.15, 0.2) is 16.6 Å². The Balaban J connectivity index is -0.00000116. The Labute approximate surface area is 262 Å². The van der Waals surface area contributed by atoms with E-state index in [1.807, 2.05) is 4.90 Å². The molecule has 0 heterocycles. The van der Waals surface area contributed by atoms with Gasteiger partial charge in [0.1, 0.15) is 0 Å². The molecule has 0 saturated carbocycles. The van der Waals surface area contributed by atoms with Crippen LogP contribution in [-0.2, 0) is 13.0 Å². The molecule has 0 rings (SSSR count). The Bertz CT molecular complexity index is 620. The summed E-state index contributed by atoms with van der Waals surface area (Å²) >= 11 is 0. The van der Waals surface area contributed by atoms with Gasteiger partial charge in [-0.3, -0.25) is 9.80 Å². The molecular formula is C27H70N2O9Si4. The molecule has 0 fully saturated rings. The maximum absolute atomic E-state index is 9.93. The van der Waals surface area contributed by atoms with Gasteiger partial charge in [0, 0.05) is 55.0 Å². The lowest BCUT2D eigenvalue weighted by Gasteiger charge is -2.34. The van der Waals surface area contributed by atoms with Crippen LogP contribution < -0.4 is 0 Å².